The summed E-state index contributed by atoms with van der Waals surface area (Å²) in [5, 5.41) is 0. The molecule has 6 heteroatoms. The van der Waals surface area contributed by atoms with Gasteiger partial charge in [-0.3, -0.25) is 9.59 Å². The van der Waals surface area contributed by atoms with Crippen LogP contribution in [0.1, 0.15) is 50.2 Å². The normalized spacial score (nSPS) is 18.2. The third kappa shape index (κ3) is 5.16. The molecule has 1 fully saturated rings. The molecule has 1 amide bonds. The van der Waals surface area contributed by atoms with E-state index in [0.717, 1.165) is 12.8 Å². The minimum atomic E-state index is -0.213. The Morgan fingerprint density at radius 3 is 2.83 bits per heavy atom. The number of nitrogens with zero attached hydrogens (tertiary/aromatic N) is 2. The average molecular weight is 335 g/mol. The zero-order chi connectivity index (χ0) is 17.7. The van der Waals surface area contributed by atoms with Crippen LogP contribution in [0.5, 0.6) is 0 Å². The van der Waals surface area contributed by atoms with E-state index in [1.54, 1.807) is 13.8 Å². The van der Waals surface area contributed by atoms with Gasteiger partial charge in [0.2, 0.25) is 5.91 Å². The lowest BCUT2D eigenvalue weighted by atomic mass is 10.0. The maximum absolute atomic E-state index is 12.6. The number of amides is 1. The number of morpholine rings is 1. The van der Waals surface area contributed by atoms with Gasteiger partial charge < -0.3 is 14.6 Å². The molecule has 1 N–H and O–H groups in total. The fourth-order valence-electron chi connectivity index (χ4n) is 3.10. The fourth-order valence-corrected chi connectivity index (χ4v) is 3.10. The Hall–Kier alpha value is -1.69. The monoisotopic (exact) mass is 335 g/mol. The number of H-pyrrole nitrogens is 1. The fraction of sp³-hybridized carbons (Fsp3) is 0.722. The van der Waals surface area contributed by atoms with Crippen molar-refractivity contribution < 1.29 is 9.53 Å². The highest BCUT2D eigenvalue weighted by atomic mass is 16.5. The van der Waals surface area contributed by atoms with Gasteiger partial charge in [-0.1, -0.05) is 26.7 Å². The molecule has 1 atom stereocenters. The summed E-state index contributed by atoms with van der Waals surface area (Å²) in [4.78, 5) is 33.4. The van der Waals surface area contributed by atoms with Gasteiger partial charge in [-0.05, 0) is 26.2 Å². The van der Waals surface area contributed by atoms with Gasteiger partial charge in [0.05, 0.1) is 19.1 Å². The molecule has 0 radical (unpaired) electrons. The minimum Gasteiger partial charge on any atom is -0.375 e. The molecule has 1 aromatic heterocycles. The first-order valence-corrected chi connectivity index (χ1v) is 8.82. The van der Waals surface area contributed by atoms with Crippen LogP contribution in [0, 0.1) is 19.8 Å². The number of aromatic nitrogens is 2. The molecule has 2 rings (SSSR count). The Kier molecular flexibility index (Phi) is 6.54. The molecule has 0 spiro atoms. The lowest BCUT2D eigenvalue weighted by Gasteiger charge is -2.33. The summed E-state index contributed by atoms with van der Waals surface area (Å²) in [5.41, 5.74) is 0.884. The molecular weight excluding hydrogens is 306 g/mol. The molecule has 1 aliphatic heterocycles. The van der Waals surface area contributed by atoms with Gasteiger partial charge >= 0.3 is 0 Å². The number of aromatic amines is 1. The van der Waals surface area contributed by atoms with Crippen LogP contribution in [0.15, 0.2) is 4.79 Å². The van der Waals surface area contributed by atoms with E-state index in [9.17, 15) is 9.59 Å². The number of ether oxygens (including phenoxy) is 1. The highest BCUT2D eigenvalue weighted by Crippen LogP contribution is 2.15. The van der Waals surface area contributed by atoms with Crippen LogP contribution in [0.2, 0.25) is 0 Å². The van der Waals surface area contributed by atoms with Gasteiger partial charge in [0.25, 0.3) is 5.56 Å². The Bertz CT molecular complexity index is 624. The van der Waals surface area contributed by atoms with Crippen LogP contribution in [-0.2, 0) is 16.0 Å². The molecule has 0 aromatic carbocycles. The summed E-state index contributed by atoms with van der Waals surface area (Å²) >= 11 is 0. The van der Waals surface area contributed by atoms with E-state index in [1.807, 2.05) is 4.90 Å². The summed E-state index contributed by atoms with van der Waals surface area (Å²) in [6, 6.07) is 0. The highest BCUT2D eigenvalue weighted by molar-refractivity contribution is 5.79. The van der Waals surface area contributed by atoms with E-state index in [2.05, 4.69) is 23.8 Å². The molecule has 0 unspecified atom stereocenters. The quantitative estimate of drug-likeness (QED) is 0.862. The summed E-state index contributed by atoms with van der Waals surface area (Å²) in [7, 11) is 0. The standard InChI is InChI=1S/C18H29N3O3/c1-12(2)6-5-7-15-11-21(8-9-24-15)17(22)10-16-13(3)19-14(4)20-18(16)23/h12,15H,5-11H2,1-4H3,(H,19,20,23)/t15-/m0/s1. The first kappa shape index (κ1) is 18.6. The maximum atomic E-state index is 12.6. The lowest BCUT2D eigenvalue weighted by Crippen LogP contribution is -2.46. The number of hydrogen-bond acceptors (Lipinski definition) is 4. The van der Waals surface area contributed by atoms with Gasteiger partial charge in [0, 0.05) is 24.3 Å². The summed E-state index contributed by atoms with van der Waals surface area (Å²) in [6.45, 7) is 9.73. The van der Waals surface area contributed by atoms with Gasteiger partial charge in [-0.15, -0.1) is 0 Å². The molecule has 2 heterocycles. The van der Waals surface area contributed by atoms with Crippen LogP contribution in [0.4, 0.5) is 0 Å². The molecule has 0 bridgehead atoms. The number of nitrogens with one attached hydrogen (secondary N) is 1. The van der Waals surface area contributed by atoms with Crippen molar-refractivity contribution in [3.8, 4) is 0 Å². The highest BCUT2D eigenvalue weighted by Gasteiger charge is 2.25. The van der Waals surface area contributed by atoms with Crippen LogP contribution in [-0.4, -0.2) is 46.6 Å². The van der Waals surface area contributed by atoms with Crippen molar-refractivity contribution in [1.29, 1.82) is 0 Å². The molecule has 1 aromatic rings. The predicted molar refractivity (Wildman–Crippen MR) is 93.0 cm³/mol. The second kappa shape index (κ2) is 8.42. The number of hydrogen-bond donors (Lipinski definition) is 1. The van der Waals surface area contributed by atoms with Crippen molar-refractivity contribution >= 4 is 5.91 Å². The number of rotatable bonds is 6. The second-order valence-electron chi connectivity index (χ2n) is 7.05. The first-order valence-electron chi connectivity index (χ1n) is 8.82. The zero-order valence-electron chi connectivity index (χ0n) is 15.2. The third-order valence-electron chi connectivity index (χ3n) is 4.47. The van der Waals surface area contributed by atoms with Crippen molar-refractivity contribution in [2.45, 2.75) is 59.5 Å². The SMILES string of the molecule is Cc1nc(C)c(CC(=O)N2CCO[C@@H](CCCC(C)C)C2)c(=O)[nH]1. The van der Waals surface area contributed by atoms with E-state index < -0.39 is 0 Å². The number of carbonyl (C=O) groups is 1. The molecule has 24 heavy (non-hydrogen) atoms. The number of aryl methyl sites for hydroxylation is 2. The van der Waals surface area contributed by atoms with Crippen LogP contribution in [0.25, 0.3) is 0 Å². The lowest BCUT2D eigenvalue weighted by molar-refractivity contribution is -0.138. The average Bonchev–Trinajstić information content (AvgIpc) is 2.50. The summed E-state index contributed by atoms with van der Waals surface area (Å²) in [6.07, 6.45) is 3.49. The van der Waals surface area contributed by atoms with Gasteiger partial charge in [0.1, 0.15) is 5.82 Å². The molecule has 6 nitrogen and oxygen atoms in total. The smallest absolute Gasteiger partial charge is 0.254 e. The van der Waals surface area contributed by atoms with E-state index in [-0.39, 0.29) is 24.0 Å². The topological polar surface area (TPSA) is 75.3 Å². The largest absolute Gasteiger partial charge is 0.375 e. The van der Waals surface area contributed by atoms with Crippen LogP contribution in [0.3, 0.4) is 0 Å². The molecule has 0 saturated carbocycles. The van der Waals surface area contributed by atoms with Crippen molar-refractivity contribution in [2.24, 2.45) is 5.92 Å². The zero-order valence-corrected chi connectivity index (χ0v) is 15.2. The van der Waals surface area contributed by atoms with Crippen LogP contribution < -0.4 is 5.56 Å². The van der Waals surface area contributed by atoms with Gasteiger partial charge in [0.15, 0.2) is 0 Å². The van der Waals surface area contributed by atoms with E-state index in [0.29, 0.717) is 42.7 Å². The molecule has 0 aliphatic carbocycles. The summed E-state index contributed by atoms with van der Waals surface area (Å²) in [5.74, 6) is 1.24. The molecule has 1 saturated heterocycles. The Labute approximate surface area is 143 Å². The van der Waals surface area contributed by atoms with Crippen molar-refractivity contribution in [2.75, 3.05) is 19.7 Å². The van der Waals surface area contributed by atoms with Crippen molar-refractivity contribution in [3.05, 3.63) is 27.4 Å². The van der Waals surface area contributed by atoms with E-state index in [1.165, 1.54) is 6.42 Å². The van der Waals surface area contributed by atoms with Gasteiger partial charge in [-0.25, -0.2) is 4.98 Å². The second-order valence-corrected chi connectivity index (χ2v) is 7.05. The van der Waals surface area contributed by atoms with Crippen molar-refractivity contribution in [1.82, 2.24) is 14.9 Å². The molecular formula is C18H29N3O3. The molecule has 1 aliphatic rings. The summed E-state index contributed by atoms with van der Waals surface area (Å²) < 4.78 is 5.78. The third-order valence-corrected chi connectivity index (χ3v) is 4.47. The minimum absolute atomic E-state index is 0.0218. The Morgan fingerprint density at radius 1 is 1.42 bits per heavy atom. The van der Waals surface area contributed by atoms with Crippen molar-refractivity contribution in [3.63, 3.8) is 0 Å². The van der Waals surface area contributed by atoms with E-state index >= 15 is 0 Å². The van der Waals surface area contributed by atoms with Crippen LogP contribution >= 0.6 is 0 Å². The maximum Gasteiger partial charge on any atom is 0.254 e. The number of carbonyl (C=O) groups excluding carboxylic acids is 1. The van der Waals surface area contributed by atoms with E-state index in [4.69, 9.17) is 4.74 Å². The Balaban J connectivity index is 1.94. The van der Waals surface area contributed by atoms with Gasteiger partial charge in [-0.2, -0.15) is 0 Å². The first-order chi connectivity index (χ1) is 11.4. The predicted octanol–water partition coefficient (Wildman–Crippen LogP) is 1.98. The molecule has 134 valence electrons. The Morgan fingerprint density at radius 2 is 2.17 bits per heavy atom.